The molecule has 0 saturated heterocycles. The van der Waals surface area contributed by atoms with Gasteiger partial charge in [-0.25, -0.2) is 0 Å². The number of benzene rings is 1. The number of aromatic amines is 1. The average Bonchev–Trinajstić information content (AvgIpc) is 2.61. The zero-order valence-electron chi connectivity index (χ0n) is 9.40. The van der Waals surface area contributed by atoms with Crippen molar-refractivity contribution in [3.05, 3.63) is 36.0 Å². The highest BCUT2D eigenvalue weighted by Crippen LogP contribution is 2.26. The standard InChI is InChI=1S/C12H15N3S/c1-15(2)11(12(13)16)9-7-14-10-6-4-3-5-8(9)10/h3-7,11,14H,1-2H3,(H2,13,16). The van der Waals surface area contributed by atoms with Crippen molar-refractivity contribution in [1.29, 1.82) is 0 Å². The monoisotopic (exact) mass is 233 g/mol. The Kier molecular flexibility index (Phi) is 2.94. The lowest BCUT2D eigenvalue weighted by atomic mass is 10.1. The van der Waals surface area contributed by atoms with Crippen molar-refractivity contribution in [2.24, 2.45) is 5.73 Å². The van der Waals surface area contributed by atoms with E-state index in [-0.39, 0.29) is 6.04 Å². The zero-order chi connectivity index (χ0) is 11.7. The Labute approximate surface area is 100 Å². The van der Waals surface area contributed by atoms with Crippen LogP contribution in [0, 0.1) is 0 Å². The number of fused-ring (bicyclic) bond motifs is 1. The van der Waals surface area contributed by atoms with E-state index in [9.17, 15) is 0 Å². The van der Waals surface area contributed by atoms with Crippen LogP contribution in [0.25, 0.3) is 10.9 Å². The lowest BCUT2D eigenvalue weighted by Crippen LogP contribution is -2.31. The predicted octanol–water partition coefficient (Wildman–Crippen LogP) is 2.06. The van der Waals surface area contributed by atoms with E-state index in [1.54, 1.807) is 0 Å². The van der Waals surface area contributed by atoms with E-state index >= 15 is 0 Å². The Morgan fingerprint density at radius 3 is 2.69 bits per heavy atom. The molecule has 0 spiro atoms. The molecule has 2 aromatic rings. The van der Waals surface area contributed by atoms with Gasteiger partial charge in [0, 0.05) is 22.7 Å². The van der Waals surface area contributed by atoms with E-state index in [0.717, 1.165) is 11.1 Å². The van der Waals surface area contributed by atoms with Crippen molar-refractivity contribution in [1.82, 2.24) is 9.88 Å². The molecular formula is C12H15N3S. The number of H-pyrrole nitrogens is 1. The fourth-order valence-corrected chi connectivity index (χ4v) is 2.34. The summed E-state index contributed by atoms with van der Waals surface area (Å²) in [6, 6.07) is 8.13. The molecule has 84 valence electrons. The molecule has 1 heterocycles. The van der Waals surface area contributed by atoms with Crippen molar-refractivity contribution in [2.45, 2.75) is 6.04 Å². The second-order valence-corrected chi connectivity index (χ2v) is 4.53. The van der Waals surface area contributed by atoms with Gasteiger partial charge in [0.2, 0.25) is 0 Å². The first kappa shape index (κ1) is 11.1. The molecule has 4 heteroatoms. The van der Waals surface area contributed by atoms with Gasteiger partial charge >= 0.3 is 0 Å². The fourth-order valence-electron chi connectivity index (χ4n) is 2.01. The summed E-state index contributed by atoms with van der Waals surface area (Å²) in [6.45, 7) is 0. The normalized spacial score (nSPS) is 13.2. The number of likely N-dealkylation sites (N-methyl/N-ethyl adjacent to an activating group) is 1. The first-order valence-electron chi connectivity index (χ1n) is 5.13. The van der Waals surface area contributed by atoms with E-state index in [2.05, 4.69) is 11.1 Å². The van der Waals surface area contributed by atoms with Crippen LogP contribution < -0.4 is 5.73 Å². The highest BCUT2D eigenvalue weighted by atomic mass is 32.1. The third-order valence-corrected chi connectivity index (χ3v) is 2.92. The van der Waals surface area contributed by atoms with Gasteiger partial charge < -0.3 is 10.7 Å². The highest BCUT2D eigenvalue weighted by molar-refractivity contribution is 7.80. The summed E-state index contributed by atoms with van der Waals surface area (Å²) >= 11 is 5.13. The zero-order valence-corrected chi connectivity index (χ0v) is 10.2. The molecule has 0 amide bonds. The van der Waals surface area contributed by atoms with Crippen LogP contribution in [-0.2, 0) is 0 Å². The van der Waals surface area contributed by atoms with Gasteiger partial charge in [-0.1, -0.05) is 30.4 Å². The van der Waals surface area contributed by atoms with E-state index in [0.29, 0.717) is 4.99 Å². The molecule has 0 aliphatic rings. The van der Waals surface area contributed by atoms with Gasteiger partial charge in [-0.15, -0.1) is 0 Å². The Hall–Kier alpha value is -1.39. The van der Waals surface area contributed by atoms with Gasteiger partial charge in [0.05, 0.1) is 11.0 Å². The molecule has 16 heavy (non-hydrogen) atoms. The first-order valence-corrected chi connectivity index (χ1v) is 5.54. The maximum Gasteiger partial charge on any atom is 0.0948 e. The van der Waals surface area contributed by atoms with Crippen molar-refractivity contribution in [3.63, 3.8) is 0 Å². The Morgan fingerprint density at radius 2 is 2.06 bits per heavy atom. The maximum atomic E-state index is 5.80. The number of aromatic nitrogens is 1. The summed E-state index contributed by atoms with van der Waals surface area (Å²) in [5.74, 6) is 0. The SMILES string of the molecule is CN(C)C(C(N)=S)c1c[nH]c2ccccc12. The smallest absolute Gasteiger partial charge is 0.0948 e. The van der Waals surface area contributed by atoms with Gasteiger partial charge in [0.25, 0.3) is 0 Å². The largest absolute Gasteiger partial charge is 0.392 e. The van der Waals surface area contributed by atoms with Crippen LogP contribution in [-0.4, -0.2) is 29.0 Å². The van der Waals surface area contributed by atoms with Gasteiger partial charge in [0.1, 0.15) is 0 Å². The van der Waals surface area contributed by atoms with Crippen LogP contribution in [0.1, 0.15) is 11.6 Å². The van der Waals surface area contributed by atoms with E-state index < -0.39 is 0 Å². The van der Waals surface area contributed by atoms with Gasteiger partial charge in [-0.2, -0.15) is 0 Å². The minimum absolute atomic E-state index is 0.0221. The lowest BCUT2D eigenvalue weighted by Gasteiger charge is -2.22. The number of nitrogens with one attached hydrogen (secondary N) is 1. The van der Waals surface area contributed by atoms with Gasteiger partial charge in [-0.05, 0) is 20.2 Å². The molecule has 1 atom stereocenters. The Bertz CT molecular complexity index is 516. The highest BCUT2D eigenvalue weighted by Gasteiger charge is 2.20. The molecule has 3 N–H and O–H groups in total. The predicted molar refractivity (Wildman–Crippen MR) is 71.5 cm³/mol. The average molecular weight is 233 g/mol. The number of nitrogens with two attached hydrogens (primary N) is 1. The van der Waals surface area contributed by atoms with E-state index in [1.807, 2.05) is 43.4 Å². The summed E-state index contributed by atoms with van der Waals surface area (Å²) in [5, 5.41) is 1.18. The maximum absolute atomic E-state index is 5.80. The summed E-state index contributed by atoms with van der Waals surface area (Å²) in [4.78, 5) is 5.76. The van der Waals surface area contributed by atoms with E-state index in [1.165, 1.54) is 5.39 Å². The third-order valence-electron chi connectivity index (χ3n) is 2.70. The van der Waals surface area contributed by atoms with Crippen LogP contribution >= 0.6 is 12.2 Å². The quantitative estimate of drug-likeness (QED) is 0.798. The van der Waals surface area contributed by atoms with Crippen LogP contribution in [0.4, 0.5) is 0 Å². The van der Waals surface area contributed by atoms with Crippen molar-refractivity contribution in [2.75, 3.05) is 14.1 Å². The van der Waals surface area contributed by atoms with Crippen LogP contribution in [0.2, 0.25) is 0 Å². The molecular weight excluding hydrogens is 218 g/mol. The number of hydrogen-bond donors (Lipinski definition) is 2. The summed E-state index contributed by atoms with van der Waals surface area (Å²) in [5.41, 5.74) is 8.04. The first-order chi connectivity index (χ1) is 7.61. The number of para-hydroxylation sites is 1. The number of nitrogens with zero attached hydrogens (tertiary/aromatic N) is 1. The number of hydrogen-bond acceptors (Lipinski definition) is 2. The summed E-state index contributed by atoms with van der Waals surface area (Å²) < 4.78 is 0. The molecule has 0 aliphatic carbocycles. The molecule has 1 aromatic carbocycles. The Balaban J connectivity index is 2.57. The fraction of sp³-hybridized carbons (Fsp3) is 0.250. The molecule has 0 saturated carbocycles. The molecule has 0 radical (unpaired) electrons. The van der Waals surface area contributed by atoms with Crippen molar-refractivity contribution < 1.29 is 0 Å². The lowest BCUT2D eigenvalue weighted by molar-refractivity contribution is 0.372. The summed E-state index contributed by atoms with van der Waals surface area (Å²) in [6.07, 6.45) is 1.98. The van der Waals surface area contributed by atoms with Crippen LogP contribution in [0.15, 0.2) is 30.5 Å². The van der Waals surface area contributed by atoms with Crippen LogP contribution in [0.5, 0.6) is 0 Å². The van der Waals surface area contributed by atoms with Gasteiger partial charge in [0.15, 0.2) is 0 Å². The molecule has 3 nitrogen and oxygen atoms in total. The third kappa shape index (κ3) is 1.81. The van der Waals surface area contributed by atoms with Crippen LogP contribution in [0.3, 0.4) is 0 Å². The van der Waals surface area contributed by atoms with Crippen molar-refractivity contribution in [3.8, 4) is 0 Å². The molecule has 0 fully saturated rings. The number of thiocarbonyl (C=S) groups is 1. The van der Waals surface area contributed by atoms with Crippen molar-refractivity contribution >= 4 is 28.1 Å². The summed E-state index contributed by atoms with van der Waals surface area (Å²) in [7, 11) is 3.96. The molecule has 1 aromatic heterocycles. The molecule has 2 rings (SSSR count). The second-order valence-electron chi connectivity index (χ2n) is 4.06. The molecule has 1 unspecified atom stereocenters. The minimum atomic E-state index is -0.0221. The minimum Gasteiger partial charge on any atom is -0.392 e. The molecule has 0 aliphatic heterocycles. The topological polar surface area (TPSA) is 45.0 Å². The number of rotatable bonds is 3. The second kappa shape index (κ2) is 4.23. The molecule has 0 bridgehead atoms. The van der Waals surface area contributed by atoms with E-state index in [4.69, 9.17) is 18.0 Å². The van der Waals surface area contributed by atoms with Gasteiger partial charge in [-0.3, -0.25) is 4.90 Å². The Morgan fingerprint density at radius 1 is 1.38 bits per heavy atom.